The molecular formula is C11H13N3O4. The van der Waals surface area contributed by atoms with Gasteiger partial charge in [-0.2, -0.15) is 4.98 Å². The minimum atomic E-state index is -0.508. The van der Waals surface area contributed by atoms with Crippen molar-refractivity contribution in [2.75, 3.05) is 13.2 Å². The maximum Gasteiger partial charge on any atom is 0.235 e. The maximum atomic E-state index is 9.86. The van der Waals surface area contributed by atoms with Crippen LogP contribution in [0, 0.1) is 6.92 Å². The average molecular weight is 251 g/mol. The smallest absolute Gasteiger partial charge is 0.235 e. The van der Waals surface area contributed by atoms with E-state index in [0.29, 0.717) is 42.9 Å². The summed E-state index contributed by atoms with van der Waals surface area (Å²) in [5, 5.41) is 13.7. The second-order valence-corrected chi connectivity index (χ2v) is 4.25. The third kappa shape index (κ3) is 2.02. The predicted molar refractivity (Wildman–Crippen MR) is 58.7 cm³/mol. The first-order valence-corrected chi connectivity index (χ1v) is 5.76. The molecular weight excluding hydrogens is 238 g/mol. The Kier molecular flexibility index (Phi) is 2.85. The van der Waals surface area contributed by atoms with E-state index in [0.717, 1.165) is 0 Å². The fraction of sp³-hybridized carbons (Fsp3) is 0.545. The molecule has 1 aliphatic heterocycles. The second-order valence-electron chi connectivity index (χ2n) is 4.25. The SMILES string of the molecule is Cc1nc(-c2noc(C3COCCC3O)n2)co1. The largest absolute Gasteiger partial charge is 0.449 e. The number of nitrogens with zero attached hydrogens (tertiary/aromatic N) is 3. The van der Waals surface area contributed by atoms with Crippen LogP contribution in [0.15, 0.2) is 15.2 Å². The van der Waals surface area contributed by atoms with Gasteiger partial charge in [-0.3, -0.25) is 0 Å². The number of rotatable bonds is 2. The summed E-state index contributed by atoms with van der Waals surface area (Å²) in [6, 6.07) is 0. The molecule has 1 saturated heterocycles. The van der Waals surface area contributed by atoms with Crippen molar-refractivity contribution >= 4 is 0 Å². The summed E-state index contributed by atoms with van der Waals surface area (Å²) >= 11 is 0. The zero-order valence-electron chi connectivity index (χ0n) is 9.87. The van der Waals surface area contributed by atoms with E-state index in [1.54, 1.807) is 6.92 Å². The number of aliphatic hydroxyl groups is 1. The van der Waals surface area contributed by atoms with E-state index in [-0.39, 0.29) is 5.92 Å². The molecule has 3 rings (SSSR count). The van der Waals surface area contributed by atoms with Crippen LogP contribution in [0.2, 0.25) is 0 Å². The fourth-order valence-corrected chi connectivity index (χ4v) is 1.92. The Morgan fingerprint density at radius 1 is 1.39 bits per heavy atom. The molecule has 1 aliphatic rings. The lowest BCUT2D eigenvalue weighted by atomic mass is 9.99. The Labute approximate surface area is 103 Å². The van der Waals surface area contributed by atoms with Gasteiger partial charge in [0.05, 0.1) is 18.6 Å². The van der Waals surface area contributed by atoms with Crippen LogP contribution in [-0.4, -0.2) is 39.5 Å². The van der Waals surface area contributed by atoms with Crippen LogP contribution in [0.3, 0.4) is 0 Å². The summed E-state index contributed by atoms with van der Waals surface area (Å²) in [7, 11) is 0. The van der Waals surface area contributed by atoms with E-state index in [2.05, 4.69) is 15.1 Å². The van der Waals surface area contributed by atoms with Gasteiger partial charge >= 0.3 is 0 Å². The van der Waals surface area contributed by atoms with Gasteiger partial charge in [0.2, 0.25) is 11.7 Å². The number of aliphatic hydroxyl groups excluding tert-OH is 1. The lowest BCUT2D eigenvalue weighted by molar-refractivity contribution is -0.0149. The van der Waals surface area contributed by atoms with Gasteiger partial charge in [-0.1, -0.05) is 5.16 Å². The summed E-state index contributed by atoms with van der Waals surface area (Å²) < 4.78 is 15.5. The van der Waals surface area contributed by atoms with Crippen LogP contribution in [0.1, 0.15) is 24.1 Å². The molecule has 2 atom stereocenters. The van der Waals surface area contributed by atoms with E-state index >= 15 is 0 Å². The van der Waals surface area contributed by atoms with Gasteiger partial charge in [-0.25, -0.2) is 4.98 Å². The van der Waals surface area contributed by atoms with Gasteiger partial charge in [0.15, 0.2) is 5.89 Å². The highest BCUT2D eigenvalue weighted by Gasteiger charge is 2.30. The molecule has 0 radical (unpaired) electrons. The molecule has 0 aromatic carbocycles. The zero-order chi connectivity index (χ0) is 12.5. The molecule has 0 saturated carbocycles. The number of aryl methyl sites for hydroxylation is 1. The molecule has 0 aliphatic carbocycles. The number of aromatic nitrogens is 3. The van der Waals surface area contributed by atoms with Crippen LogP contribution in [-0.2, 0) is 4.74 Å². The van der Waals surface area contributed by atoms with Crippen LogP contribution >= 0.6 is 0 Å². The third-order valence-corrected chi connectivity index (χ3v) is 2.93. The van der Waals surface area contributed by atoms with E-state index in [1.807, 2.05) is 0 Å². The van der Waals surface area contributed by atoms with Crippen molar-refractivity contribution in [1.82, 2.24) is 15.1 Å². The van der Waals surface area contributed by atoms with Gasteiger partial charge < -0.3 is 18.8 Å². The van der Waals surface area contributed by atoms with Gasteiger partial charge in [-0.05, 0) is 6.42 Å². The first-order valence-electron chi connectivity index (χ1n) is 5.76. The summed E-state index contributed by atoms with van der Waals surface area (Å²) in [5.74, 6) is 1.00. The van der Waals surface area contributed by atoms with Gasteiger partial charge in [0, 0.05) is 13.5 Å². The van der Waals surface area contributed by atoms with Gasteiger partial charge in [-0.15, -0.1) is 0 Å². The topological polar surface area (TPSA) is 94.4 Å². The van der Waals surface area contributed by atoms with Gasteiger partial charge in [0.25, 0.3) is 0 Å². The number of hydrogen-bond donors (Lipinski definition) is 1. The second kappa shape index (κ2) is 4.51. The van der Waals surface area contributed by atoms with E-state index in [9.17, 15) is 5.11 Å². The molecule has 2 aromatic heterocycles. The molecule has 18 heavy (non-hydrogen) atoms. The van der Waals surface area contributed by atoms with Crippen molar-refractivity contribution in [1.29, 1.82) is 0 Å². The van der Waals surface area contributed by atoms with Crippen LogP contribution in [0.4, 0.5) is 0 Å². The Morgan fingerprint density at radius 3 is 3.00 bits per heavy atom. The van der Waals surface area contributed by atoms with Crippen molar-refractivity contribution in [3.8, 4) is 11.5 Å². The molecule has 0 amide bonds. The first kappa shape index (κ1) is 11.4. The number of ether oxygens (including phenoxy) is 1. The number of oxazole rings is 1. The van der Waals surface area contributed by atoms with E-state index in [1.165, 1.54) is 6.26 Å². The third-order valence-electron chi connectivity index (χ3n) is 2.93. The highest BCUT2D eigenvalue weighted by Crippen LogP contribution is 2.26. The molecule has 7 nitrogen and oxygen atoms in total. The number of hydrogen-bond acceptors (Lipinski definition) is 7. The van der Waals surface area contributed by atoms with Crippen molar-refractivity contribution in [2.45, 2.75) is 25.4 Å². The fourth-order valence-electron chi connectivity index (χ4n) is 1.92. The van der Waals surface area contributed by atoms with Crippen molar-refractivity contribution in [2.24, 2.45) is 0 Å². The Bertz CT molecular complexity index is 536. The normalized spacial score (nSPS) is 24.3. The molecule has 7 heteroatoms. The summed E-state index contributed by atoms with van der Waals surface area (Å²) in [6.45, 7) is 2.69. The van der Waals surface area contributed by atoms with Crippen molar-refractivity contribution < 1.29 is 18.8 Å². The molecule has 1 N–H and O–H groups in total. The zero-order valence-corrected chi connectivity index (χ0v) is 9.87. The molecule has 2 unspecified atom stereocenters. The van der Waals surface area contributed by atoms with Crippen LogP contribution < -0.4 is 0 Å². The lowest BCUT2D eigenvalue weighted by Gasteiger charge is -2.24. The molecule has 96 valence electrons. The van der Waals surface area contributed by atoms with Crippen LogP contribution in [0.5, 0.6) is 0 Å². The van der Waals surface area contributed by atoms with E-state index < -0.39 is 6.10 Å². The minimum Gasteiger partial charge on any atom is -0.449 e. The first-order chi connectivity index (χ1) is 8.74. The average Bonchev–Trinajstić information content (AvgIpc) is 2.98. The quantitative estimate of drug-likeness (QED) is 0.847. The molecule has 0 bridgehead atoms. The molecule has 1 fully saturated rings. The highest BCUT2D eigenvalue weighted by molar-refractivity contribution is 5.45. The minimum absolute atomic E-state index is 0.270. The lowest BCUT2D eigenvalue weighted by Crippen LogP contribution is -2.30. The van der Waals surface area contributed by atoms with Gasteiger partial charge in [0.1, 0.15) is 12.0 Å². The maximum absolute atomic E-state index is 9.86. The summed E-state index contributed by atoms with van der Waals surface area (Å²) in [4.78, 5) is 8.34. The Morgan fingerprint density at radius 2 is 2.28 bits per heavy atom. The van der Waals surface area contributed by atoms with Crippen molar-refractivity contribution in [3.63, 3.8) is 0 Å². The molecule has 3 heterocycles. The highest BCUT2D eigenvalue weighted by atomic mass is 16.5. The predicted octanol–water partition coefficient (Wildman–Crippen LogP) is 0.898. The Hall–Kier alpha value is -1.73. The molecule has 2 aromatic rings. The Balaban J connectivity index is 1.84. The monoisotopic (exact) mass is 251 g/mol. The van der Waals surface area contributed by atoms with E-state index in [4.69, 9.17) is 13.7 Å². The van der Waals surface area contributed by atoms with Crippen LogP contribution in [0.25, 0.3) is 11.5 Å². The molecule has 0 spiro atoms. The summed E-state index contributed by atoms with van der Waals surface area (Å²) in [6.07, 6.45) is 1.54. The summed E-state index contributed by atoms with van der Waals surface area (Å²) in [5.41, 5.74) is 0.522. The van der Waals surface area contributed by atoms with Crippen molar-refractivity contribution in [3.05, 3.63) is 18.0 Å². The standard InChI is InChI=1S/C11H13N3O4/c1-6-12-8(5-17-6)10-13-11(18-14-10)7-4-16-3-2-9(7)15/h5,7,9,15H,2-4H2,1H3.